The molecule has 0 amide bonds. The Kier molecular flexibility index (Phi) is 5.36. The van der Waals surface area contributed by atoms with Gasteiger partial charge in [-0.1, -0.05) is 30.0 Å². The van der Waals surface area contributed by atoms with Gasteiger partial charge in [-0.05, 0) is 41.8 Å². The average Bonchev–Trinajstić information content (AvgIpc) is 3.23. The van der Waals surface area contributed by atoms with E-state index in [0.717, 1.165) is 0 Å². The molecule has 0 fully saturated rings. The summed E-state index contributed by atoms with van der Waals surface area (Å²) in [5.74, 6) is 0.601. The molecule has 4 aromatic rings. The van der Waals surface area contributed by atoms with Crippen LogP contribution >= 0.6 is 11.8 Å². The van der Waals surface area contributed by atoms with Crippen molar-refractivity contribution in [3.63, 3.8) is 0 Å². The highest BCUT2D eigenvalue weighted by atomic mass is 32.2. The molecule has 2 heterocycles. The Morgan fingerprint density at radius 2 is 2.00 bits per heavy atom. The Morgan fingerprint density at radius 1 is 1.17 bits per heavy atom. The molecule has 8 nitrogen and oxygen atoms in total. The quantitative estimate of drug-likeness (QED) is 0.193. The molecule has 9 heteroatoms. The van der Waals surface area contributed by atoms with Gasteiger partial charge in [0.2, 0.25) is 0 Å². The van der Waals surface area contributed by atoms with Crippen molar-refractivity contribution in [3.05, 3.63) is 92.3 Å². The van der Waals surface area contributed by atoms with E-state index in [2.05, 4.69) is 4.98 Å². The van der Waals surface area contributed by atoms with Gasteiger partial charge in [0.05, 0.1) is 29.8 Å². The second kappa shape index (κ2) is 8.26. The maximum Gasteiger partial charge on any atom is 0.433 e. The molecule has 30 heavy (non-hydrogen) atoms. The highest BCUT2D eigenvalue weighted by Crippen LogP contribution is 2.25. The van der Waals surface area contributed by atoms with Gasteiger partial charge >= 0.3 is 5.88 Å². The van der Waals surface area contributed by atoms with E-state index < -0.39 is 4.92 Å². The number of hydrogen-bond acceptors (Lipinski definition) is 7. The normalized spacial score (nSPS) is 11.2. The third-order valence-electron chi connectivity index (χ3n) is 4.25. The third-order valence-corrected chi connectivity index (χ3v) is 5.01. The van der Waals surface area contributed by atoms with Crippen molar-refractivity contribution >= 4 is 34.6 Å². The van der Waals surface area contributed by atoms with Crippen LogP contribution in [0.25, 0.3) is 22.7 Å². The first-order chi connectivity index (χ1) is 14.6. The first kappa shape index (κ1) is 19.5. The van der Waals surface area contributed by atoms with Crippen molar-refractivity contribution in [1.29, 1.82) is 0 Å². The number of rotatable bonds is 6. The highest BCUT2D eigenvalue weighted by molar-refractivity contribution is 8.02. The Balaban J connectivity index is 1.78. The number of para-hydroxylation sites is 1. The maximum absolute atomic E-state index is 13.2. The van der Waals surface area contributed by atoms with E-state index >= 15 is 0 Å². The van der Waals surface area contributed by atoms with Crippen molar-refractivity contribution < 1.29 is 14.1 Å². The molecule has 150 valence electrons. The van der Waals surface area contributed by atoms with Crippen LogP contribution in [-0.2, 0) is 0 Å². The van der Waals surface area contributed by atoms with Crippen molar-refractivity contribution in [2.75, 3.05) is 7.11 Å². The summed E-state index contributed by atoms with van der Waals surface area (Å²) < 4.78 is 11.9. The summed E-state index contributed by atoms with van der Waals surface area (Å²) >= 11 is 1.20. The molecule has 0 unspecified atom stereocenters. The number of methoxy groups -OCH3 is 1. The predicted octanol–water partition coefficient (Wildman–Crippen LogP) is 4.66. The van der Waals surface area contributed by atoms with Gasteiger partial charge in [-0.2, -0.15) is 0 Å². The standard InChI is InChI=1S/C21H15N3O5S/c1-28-16-6-4-5-14(13-16)23-20(25)17-7-2-3-8-18(17)22-21(23)30-12-11-15-9-10-19(29-15)24(26)27/h2-13H,1H3/b12-11+. The zero-order valence-corrected chi connectivity index (χ0v) is 16.5. The molecule has 2 aromatic carbocycles. The molecule has 0 atom stereocenters. The molecule has 2 aromatic heterocycles. The number of nitrogens with zero attached hydrogens (tertiary/aromatic N) is 3. The lowest BCUT2D eigenvalue weighted by Crippen LogP contribution is -2.21. The van der Waals surface area contributed by atoms with E-state index in [-0.39, 0.29) is 11.4 Å². The summed E-state index contributed by atoms with van der Waals surface area (Å²) in [7, 11) is 1.56. The van der Waals surface area contributed by atoms with Crippen LogP contribution in [0.1, 0.15) is 5.76 Å². The van der Waals surface area contributed by atoms with E-state index in [4.69, 9.17) is 9.15 Å². The number of nitro groups is 1. The SMILES string of the molecule is COc1cccc(-n2c(S/C=C/c3ccc([N+](=O)[O-])o3)nc3ccccc3c2=O)c1. The lowest BCUT2D eigenvalue weighted by atomic mass is 10.2. The Labute approximate surface area is 174 Å². The molecule has 0 spiro atoms. The molecular weight excluding hydrogens is 406 g/mol. The first-order valence-corrected chi connectivity index (χ1v) is 9.68. The minimum Gasteiger partial charge on any atom is -0.497 e. The monoisotopic (exact) mass is 421 g/mol. The van der Waals surface area contributed by atoms with Crippen LogP contribution in [0.4, 0.5) is 5.88 Å². The fourth-order valence-corrected chi connectivity index (χ4v) is 3.63. The van der Waals surface area contributed by atoms with Crippen LogP contribution in [-0.4, -0.2) is 21.6 Å². The number of fused-ring (bicyclic) bond motifs is 1. The third kappa shape index (κ3) is 3.83. The lowest BCUT2D eigenvalue weighted by Gasteiger charge is -2.12. The zero-order valence-electron chi connectivity index (χ0n) is 15.7. The molecular formula is C21H15N3O5S. The molecule has 0 N–H and O–H groups in total. The second-order valence-corrected chi connectivity index (χ2v) is 6.98. The summed E-state index contributed by atoms with van der Waals surface area (Å²) in [5.41, 5.74) is 0.978. The Bertz CT molecular complexity index is 1330. The summed E-state index contributed by atoms with van der Waals surface area (Å²) in [4.78, 5) is 28.0. The molecule has 4 rings (SSSR count). The van der Waals surface area contributed by atoms with Crippen LogP contribution < -0.4 is 10.3 Å². The van der Waals surface area contributed by atoms with E-state index in [1.807, 2.05) is 6.07 Å². The van der Waals surface area contributed by atoms with Gasteiger partial charge in [0, 0.05) is 6.07 Å². The second-order valence-electron chi connectivity index (χ2n) is 6.11. The minimum absolute atomic E-state index is 0.210. The van der Waals surface area contributed by atoms with Gasteiger partial charge in [0.1, 0.15) is 16.4 Å². The number of thioether (sulfide) groups is 1. The molecule has 0 aliphatic carbocycles. The predicted molar refractivity (Wildman–Crippen MR) is 114 cm³/mol. The van der Waals surface area contributed by atoms with Crippen molar-refractivity contribution in [1.82, 2.24) is 9.55 Å². The van der Waals surface area contributed by atoms with Crippen LogP contribution in [0, 0.1) is 10.1 Å². The summed E-state index contributed by atoms with van der Waals surface area (Å²) in [6.07, 6.45) is 1.58. The Hall–Kier alpha value is -3.85. The van der Waals surface area contributed by atoms with Crippen LogP contribution in [0.15, 0.2) is 80.4 Å². The number of furan rings is 1. The molecule has 0 bridgehead atoms. The number of aromatic nitrogens is 2. The van der Waals surface area contributed by atoms with Crippen LogP contribution in [0.5, 0.6) is 5.75 Å². The largest absolute Gasteiger partial charge is 0.497 e. The zero-order chi connectivity index (χ0) is 21.1. The molecule has 0 radical (unpaired) electrons. The first-order valence-electron chi connectivity index (χ1n) is 8.80. The summed E-state index contributed by atoms with van der Waals surface area (Å²) in [6, 6.07) is 17.0. The van der Waals surface area contributed by atoms with Crippen molar-refractivity contribution in [2.45, 2.75) is 5.16 Å². The average molecular weight is 421 g/mol. The van der Waals surface area contributed by atoms with E-state index in [0.29, 0.717) is 33.3 Å². The van der Waals surface area contributed by atoms with Crippen molar-refractivity contribution in [3.8, 4) is 11.4 Å². The van der Waals surface area contributed by atoms with Gasteiger partial charge in [-0.15, -0.1) is 0 Å². The fraction of sp³-hybridized carbons (Fsp3) is 0.0476. The maximum atomic E-state index is 13.2. The van der Waals surface area contributed by atoms with Gasteiger partial charge in [-0.25, -0.2) is 4.98 Å². The van der Waals surface area contributed by atoms with Crippen molar-refractivity contribution in [2.24, 2.45) is 0 Å². The highest BCUT2D eigenvalue weighted by Gasteiger charge is 2.14. The topological polar surface area (TPSA) is 100 Å². The lowest BCUT2D eigenvalue weighted by molar-refractivity contribution is -0.402. The number of ether oxygens (including phenoxy) is 1. The van der Waals surface area contributed by atoms with Gasteiger partial charge in [0.15, 0.2) is 5.16 Å². The van der Waals surface area contributed by atoms with Gasteiger partial charge in [0.25, 0.3) is 5.56 Å². The molecule has 0 aliphatic heterocycles. The van der Waals surface area contributed by atoms with Gasteiger partial charge in [-0.3, -0.25) is 19.5 Å². The summed E-state index contributed by atoms with van der Waals surface area (Å²) in [5, 5.41) is 13.3. The number of hydrogen-bond donors (Lipinski definition) is 0. The Morgan fingerprint density at radius 3 is 2.77 bits per heavy atom. The van der Waals surface area contributed by atoms with E-state index in [9.17, 15) is 14.9 Å². The smallest absolute Gasteiger partial charge is 0.433 e. The van der Waals surface area contributed by atoms with E-state index in [1.54, 1.807) is 61.1 Å². The summed E-state index contributed by atoms with van der Waals surface area (Å²) in [6.45, 7) is 0. The van der Waals surface area contributed by atoms with Crippen LogP contribution in [0.3, 0.4) is 0 Å². The number of benzene rings is 2. The van der Waals surface area contributed by atoms with E-state index in [1.165, 1.54) is 28.5 Å². The fourth-order valence-electron chi connectivity index (χ4n) is 2.86. The molecule has 0 saturated heterocycles. The minimum atomic E-state index is -0.601. The van der Waals surface area contributed by atoms with Gasteiger partial charge < -0.3 is 9.15 Å². The van der Waals surface area contributed by atoms with Crippen LogP contribution in [0.2, 0.25) is 0 Å². The molecule has 0 aliphatic rings. The molecule has 0 saturated carbocycles.